The summed E-state index contributed by atoms with van der Waals surface area (Å²) in [5.74, 6) is -2.92. The molecule has 0 aromatic carbocycles. The lowest BCUT2D eigenvalue weighted by molar-refractivity contribution is -0.378. The van der Waals surface area contributed by atoms with E-state index in [-0.39, 0.29) is 39.9 Å². The second-order valence-electron chi connectivity index (χ2n) is 24.0. The van der Waals surface area contributed by atoms with Crippen molar-refractivity contribution in [2.24, 2.45) is 45.3 Å². The van der Waals surface area contributed by atoms with E-state index in [4.69, 9.17) is 38.3 Å². The zero-order valence-electron chi connectivity index (χ0n) is 42.9. The van der Waals surface area contributed by atoms with Gasteiger partial charge in [-0.15, -0.1) is 0 Å². The number of carboxylic acids is 1. The maximum Gasteiger partial charge on any atom is 0.317 e. The van der Waals surface area contributed by atoms with Crippen LogP contribution >= 0.6 is 0 Å². The summed E-state index contributed by atoms with van der Waals surface area (Å²) in [5.41, 5.74) is -1.36. The average Bonchev–Trinajstić information content (AvgIpc) is 3.70. The largest absolute Gasteiger partial charge is 0.481 e. The Bertz CT molecular complexity index is 1920. The van der Waals surface area contributed by atoms with E-state index < -0.39 is 154 Å². The molecule has 0 bridgehead atoms. The normalized spacial score (nSPS) is 48.8. The van der Waals surface area contributed by atoms with Crippen molar-refractivity contribution < 1.29 is 104 Å². The smallest absolute Gasteiger partial charge is 0.317 e. The molecule has 0 aromatic heterocycles. The molecule has 7 rings (SSSR count). The number of carbonyl (C=O) groups excluding carboxylic acids is 1. The standard InChI is InChI=1S/C51H84O21/c1-23(2)10-9-14-51(8,72-45-42(65)38(61)35(58)26(20-52)67-45)24-11-16-50(7)34(24)25(54)18-30-48(5)15-13-31(47(3,4)29(48)12-17-49(30,50)6)70-46-43(40(63)36(59)27(21-53)68-46)71-44-41(64)39(62)37(60)28(69-44)22-66-33(57)19-32(55)56/h10,24-31,34-46,52-54,58-65H,9,11-22H2,1-8H3,(H,55,56)/t24-,25+,26+,27+,28+,29-,30+,31-,34-,35+,36+,37+,38-,39-,40-,41+,42+,43+,44-,45-,46-,48-,49+,50+,51-/m0/s1. The number of esters is 1. The average molecular weight is 1030 g/mol. The molecule has 25 atom stereocenters. The predicted molar refractivity (Wildman–Crippen MR) is 250 cm³/mol. The third kappa shape index (κ3) is 10.3. The lowest BCUT2D eigenvalue weighted by Gasteiger charge is -2.71. The van der Waals surface area contributed by atoms with E-state index in [1.807, 2.05) is 20.8 Å². The fraction of sp³-hybridized carbons (Fsp3) is 0.922. The molecule has 414 valence electrons. The predicted octanol–water partition coefficient (Wildman–Crippen LogP) is -0.00120. The van der Waals surface area contributed by atoms with Gasteiger partial charge in [0.2, 0.25) is 0 Å². The Balaban J connectivity index is 1.11. The van der Waals surface area contributed by atoms with E-state index in [9.17, 15) is 65.8 Å². The van der Waals surface area contributed by atoms with Gasteiger partial charge in [0.15, 0.2) is 18.9 Å². The maximum absolute atomic E-state index is 12.7. The summed E-state index contributed by atoms with van der Waals surface area (Å²) < 4.78 is 42.3. The number of aliphatic hydroxyl groups is 11. The molecular weight excluding hydrogens is 949 g/mol. The van der Waals surface area contributed by atoms with Crippen LogP contribution in [0, 0.1) is 45.3 Å². The van der Waals surface area contributed by atoms with Crippen molar-refractivity contribution in [3.05, 3.63) is 11.6 Å². The number of carboxylic acid groups (broad SMARTS) is 1. The van der Waals surface area contributed by atoms with Gasteiger partial charge in [0.1, 0.15) is 86.3 Å². The summed E-state index contributed by atoms with van der Waals surface area (Å²) in [6, 6.07) is 0. The Kier molecular flexibility index (Phi) is 17.5. The molecule has 0 radical (unpaired) electrons. The van der Waals surface area contributed by atoms with E-state index in [1.165, 1.54) is 0 Å². The van der Waals surface area contributed by atoms with Crippen molar-refractivity contribution in [3.8, 4) is 0 Å². The van der Waals surface area contributed by atoms with Gasteiger partial charge in [0, 0.05) is 0 Å². The van der Waals surface area contributed by atoms with E-state index >= 15 is 0 Å². The Morgan fingerprint density at radius 1 is 0.667 bits per heavy atom. The van der Waals surface area contributed by atoms with Gasteiger partial charge in [0.25, 0.3) is 0 Å². The molecular formula is C51H84O21. The third-order valence-electron chi connectivity index (χ3n) is 19.3. The van der Waals surface area contributed by atoms with Gasteiger partial charge in [0.05, 0.1) is 31.0 Å². The van der Waals surface area contributed by atoms with Crippen LogP contribution in [0.2, 0.25) is 0 Å². The van der Waals surface area contributed by atoms with Crippen molar-refractivity contribution in [1.82, 2.24) is 0 Å². The van der Waals surface area contributed by atoms with Crippen LogP contribution in [0.3, 0.4) is 0 Å². The summed E-state index contributed by atoms with van der Waals surface area (Å²) in [6.45, 7) is 15.2. The zero-order chi connectivity index (χ0) is 53.2. The molecule has 3 aliphatic heterocycles. The van der Waals surface area contributed by atoms with Crippen LogP contribution in [-0.4, -0.2) is 203 Å². The maximum atomic E-state index is 12.7. The van der Waals surface area contributed by atoms with Crippen molar-refractivity contribution in [2.75, 3.05) is 19.8 Å². The first-order valence-corrected chi connectivity index (χ1v) is 25.9. The zero-order valence-corrected chi connectivity index (χ0v) is 42.9. The molecule has 12 N–H and O–H groups in total. The Labute approximate surface area is 421 Å². The van der Waals surface area contributed by atoms with E-state index in [1.54, 1.807) is 0 Å². The summed E-state index contributed by atoms with van der Waals surface area (Å²) in [6.07, 6.45) is -18.2. The Morgan fingerprint density at radius 2 is 1.24 bits per heavy atom. The van der Waals surface area contributed by atoms with E-state index in [2.05, 4.69) is 40.7 Å². The number of allylic oxidation sites excluding steroid dienone is 2. The first-order valence-electron chi connectivity index (χ1n) is 25.9. The molecule has 3 heterocycles. The molecule has 4 saturated carbocycles. The number of ether oxygens (including phenoxy) is 7. The molecule has 0 spiro atoms. The van der Waals surface area contributed by atoms with Gasteiger partial charge < -0.3 is 94.4 Å². The Morgan fingerprint density at radius 3 is 1.85 bits per heavy atom. The van der Waals surface area contributed by atoms with Crippen LogP contribution in [0.4, 0.5) is 0 Å². The van der Waals surface area contributed by atoms with Crippen LogP contribution in [-0.2, 0) is 42.7 Å². The minimum Gasteiger partial charge on any atom is -0.481 e. The molecule has 0 amide bonds. The highest BCUT2D eigenvalue weighted by molar-refractivity contribution is 5.90. The van der Waals surface area contributed by atoms with Gasteiger partial charge >= 0.3 is 11.9 Å². The molecule has 72 heavy (non-hydrogen) atoms. The Hall–Kier alpha value is -2.00. The van der Waals surface area contributed by atoms with Gasteiger partial charge in [-0.1, -0.05) is 46.3 Å². The molecule has 7 aliphatic rings. The van der Waals surface area contributed by atoms with Gasteiger partial charge in [-0.05, 0) is 124 Å². The highest BCUT2D eigenvalue weighted by Crippen LogP contribution is 2.76. The number of fused-ring (bicyclic) bond motifs is 5. The van der Waals surface area contributed by atoms with Crippen molar-refractivity contribution in [1.29, 1.82) is 0 Å². The number of carbonyl (C=O) groups is 2. The van der Waals surface area contributed by atoms with Crippen LogP contribution in [0.5, 0.6) is 0 Å². The minimum absolute atomic E-state index is 0.0343. The first kappa shape index (κ1) is 57.7. The fourth-order valence-corrected chi connectivity index (χ4v) is 15.2. The molecule has 3 saturated heterocycles. The number of rotatable bonds is 16. The van der Waals surface area contributed by atoms with Crippen molar-refractivity contribution >= 4 is 11.9 Å². The summed E-state index contributed by atoms with van der Waals surface area (Å²) in [7, 11) is 0. The van der Waals surface area contributed by atoms with Gasteiger partial charge in [-0.25, -0.2) is 0 Å². The van der Waals surface area contributed by atoms with Crippen LogP contribution < -0.4 is 0 Å². The van der Waals surface area contributed by atoms with E-state index in [0.717, 1.165) is 24.8 Å². The van der Waals surface area contributed by atoms with Gasteiger partial charge in [-0.2, -0.15) is 0 Å². The number of hydrogen-bond acceptors (Lipinski definition) is 20. The summed E-state index contributed by atoms with van der Waals surface area (Å²) in [5, 5.41) is 129. The van der Waals surface area contributed by atoms with Crippen molar-refractivity contribution in [3.63, 3.8) is 0 Å². The monoisotopic (exact) mass is 1030 g/mol. The molecule has 7 fully saturated rings. The number of aliphatic hydroxyl groups excluding tert-OH is 11. The molecule has 21 heteroatoms. The first-order chi connectivity index (χ1) is 33.6. The SMILES string of the molecule is CC(C)=CCC[C@](C)(O[C@@H]1O[C@H](CO)[C@@H](O)[C@H](O)[C@H]1O)[C@H]1CC[C@]2(C)[C@@H]1[C@H](O)C[C@@H]1[C@@]3(C)CC[C@H](O[C@@H]4O[C@H](CO)[C@@H](O)[C@H](O)[C@H]4O[C@@H]4O[C@H](COC(=O)CC(=O)O)[C@@H](O)[C@H](O)[C@H]4O)C(C)(C)[C@@H]3CC[C@]12C. The highest BCUT2D eigenvalue weighted by Gasteiger charge is 2.72. The second-order valence-corrected chi connectivity index (χ2v) is 24.0. The minimum atomic E-state index is -1.93. The topological polar surface area (TPSA) is 342 Å². The van der Waals surface area contributed by atoms with E-state index in [0.29, 0.717) is 38.5 Å². The fourth-order valence-electron chi connectivity index (χ4n) is 15.2. The van der Waals surface area contributed by atoms with Crippen LogP contribution in [0.1, 0.15) is 120 Å². The van der Waals surface area contributed by atoms with Gasteiger partial charge in [-0.3, -0.25) is 9.59 Å². The van der Waals surface area contributed by atoms with Crippen LogP contribution in [0.15, 0.2) is 11.6 Å². The molecule has 21 nitrogen and oxygen atoms in total. The lowest BCUT2D eigenvalue weighted by atomic mass is 9.35. The molecule has 4 aliphatic carbocycles. The molecule has 0 unspecified atom stereocenters. The lowest BCUT2D eigenvalue weighted by Crippen LogP contribution is -2.68. The van der Waals surface area contributed by atoms with Crippen LogP contribution in [0.25, 0.3) is 0 Å². The second kappa shape index (κ2) is 21.8. The quantitative estimate of drug-likeness (QED) is 0.0419. The summed E-state index contributed by atoms with van der Waals surface area (Å²) >= 11 is 0. The third-order valence-corrected chi connectivity index (χ3v) is 19.3. The summed E-state index contributed by atoms with van der Waals surface area (Å²) in [4.78, 5) is 23.0. The molecule has 0 aromatic rings. The number of hydrogen-bond donors (Lipinski definition) is 12. The van der Waals surface area contributed by atoms with Crippen molar-refractivity contribution in [2.45, 2.75) is 230 Å². The number of aliphatic carboxylic acids is 1. The highest BCUT2D eigenvalue weighted by atomic mass is 16.8.